The van der Waals surface area contributed by atoms with Crippen molar-refractivity contribution in [3.05, 3.63) is 6.20 Å². The average molecular weight is 274 g/mol. The van der Waals surface area contributed by atoms with Gasteiger partial charge in [-0.2, -0.15) is 5.10 Å². The van der Waals surface area contributed by atoms with Crippen molar-refractivity contribution in [2.45, 2.75) is 42.7 Å². The van der Waals surface area contributed by atoms with Crippen LogP contribution in [0.3, 0.4) is 0 Å². The highest BCUT2D eigenvalue weighted by Crippen LogP contribution is 2.22. The summed E-state index contributed by atoms with van der Waals surface area (Å²) in [7, 11) is -2.12. The first-order chi connectivity index (χ1) is 8.40. The number of anilines is 1. The monoisotopic (exact) mass is 274 g/mol. The van der Waals surface area contributed by atoms with Crippen LogP contribution in [0.5, 0.6) is 0 Å². The summed E-state index contributed by atoms with van der Waals surface area (Å²) >= 11 is 0. The van der Waals surface area contributed by atoms with E-state index in [2.05, 4.69) is 9.82 Å². The third-order valence-corrected chi connectivity index (χ3v) is 4.65. The van der Waals surface area contributed by atoms with Crippen molar-refractivity contribution < 1.29 is 13.5 Å². The van der Waals surface area contributed by atoms with Gasteiger partial charge in [0, 0.05) is 19.3 Å². The van der Waals surface area contributed by atoms with Crippen LogP contribution in [-0.4, -0.2) is 35.5 Å². The lowest BCUT2D eigenvalue weighted by Crippen LogP contribution is -2.45. The van der Waals surface area contributed by atoms with E-state index >= 15 is 0 Å². The molecule has 8 heteroatoms. The minimum Gasteiger partial charge on any atom is -0.391 e. The molecule has 1 aliphatic carbocycles. The highest BCUT2D eigenvalue weighted by atomic mass is 32.2. The molecule has 0 aliphatic heterocycles. The van der Waals surface area contributed by atoms with Crippen molar-refractivity contribution in [3.8, 4) is 0 Å². The maximum atomic E-state index is 12.1. The molecule has 102 valence electrons. The lowest BCUT2D eigenvalue weighted by molar-refractivity contribution is 0.101. The van der Waals surface area contributed by atoms with Crippen LogP contribution < -0.4 is 10.5 Å². The second kappa shape index (κ2) is 4.87. The molecule has 18 heavy (non-hydrogen) atoms. The lowest BCUT2D eigenvalue weighted by Gasteiger charge is -2.27. The first kappa shape index (κ1) is 13.3. The van der Waals surface area contributed by atoms with E-state index in [1.165, 1.54) is 10.9 Å². The summed E-state index contributed by atoms with van der Waals surface area (Å²) < 4.78 is 28.1. The topological polar surface area (TPSA) is 110 Å². The maximum Gasteiger partial charge on any atom is 0.246 e. The zero-order chi connectivity index (χ0) is 13.3. The summed E-state index contributed by atoms with van der Waals surface area (Å²) in [6.07, 6.45) is 3.82. The molecule has 1 aliphatic rings. The molecule has 0 bridgehead atoms. The molecule has 7 nitrogen and oxygen atoms in total. The van der Waals surface area contributed by atoms with Gasteiger partial charge in [-0.3, -0.25) is 4.68 Å². The Kier molecular flexibility index (Phi) is 3.60. The third-order valence-electron chi connectivity index (χ3n) is 3.15. The smallest absolute Gasteiger partial charge is 0.246 e. The fourth-order valence-electron chi connectivity index (χ4n) is 2.20. The zero-order valence-electron chi connectivity index (χ0n) is 10.2. The van der Waals surface area contributed by atoms with E-state index in [0.29, 0.717) is 12.8 Å². The van der Waals surface area contributed by atoms with E-state index < -0.39 is 22.2 Å². The summed E-state index contributed by atoms with van der Waals surface area (Å²) in [4.78, 5) is -0.0391. The molecule has 1 aromatic rings. The van der Waals surface area contributed by atoms with Crippen LogP contribution in [0.15, 0.2) is 11.1 Å². The Hall–Kier alpha value is -1.12. The molecule has 2 atom stereocenters. The third kappa shape index (κ3) is 2.65. The van der Waals surface area contributed by atoms with Gasteiger partial charge < -0.3 is 10.8 Å². The van der Waals surface area contributed by atoms with Gasteiger partial charge in [0.2, 0.25) is 10.0 Å². The Morgan fingerprint density at radius 2 is 2.17 bits per heavy atom. The zero-order valence-corrected chi connectivity index (χ0v) is 11.0. The van der Waals surface area contributed by atoms with E-state index in [-0.39, 0.29) is 10.7 Å². The van der Waals surface area contributed by atoms with E-state index in [0.717, 1.165) is 12.8 Å². The number of nitrogen functional groups attached to an aromatic ring is 1. The largest absolute Gasteiger partial charge is 0.391 e. The molecule has 1 aromatic heterocycles. The normalized spacial score (nSPS) is 25.2. The predicted molar refractivity (Wildman–Crippen MR) is 66.2 cm³/mol. The number of aryl methyl sites for hydroxylation is 1. The molecule has 0 spiro atoms. The van der Waals surface area contributed by atoms with E-state index in [1.54, 1.807) is 7.05 Å². The number of hydrogen-bond acceptors (Lipinski definition) is 5. The number of hydrogen-bond donors (Lipinski definition) is 3. The Morgan fingerprint density at radius 3 is 2.72 bits per heavy atom. The van der Waals surface area contributed by atoms with Crippen LogP contribution in [0.25, 0.3) is 0 Å². The van der Waals surface area contributed by atoms with Crippen LogP contribution in [0.2, 0.25) is 0 Å². The van der Waals surface area contributed by atoms with E-state index in [1.807, 2.05) is 0 Å². The van der Waals surface area contributed by atoms with Crippen molar-refractivity contribution in [2.75, 3.05) is 5.73 Å². The first-order valence-corrected chi connectivity index (χ1v) is 7.38. The number of nitrogens with one attached hydrogen (secondary N) is 1. The van der Waals surface area contributed by atoms with Gasteiger partial charge in [-0.1, -0.05) is 12.8 Å². The predicted octanol–water partition coefficient (Wildman–Crippen LogP) is -0.416. The number of aromatic nitrogens is 2. The fourth-order valence-corrected chi connectivity index (χ4v) is 3.61. The number of nitrogens with two attached hydrogens (primary N) is 1. The van der Waals surface area contributed by atoms with Crippen LogP contribution in [0, 0.1) is 0 Å². The molecule has 0 radical (unpaired) electrons. The average Bonchev–Trinajstić information content (AvgIpc) is 2.62. The summed E-state index contributed by atoms with van der Waals surface area (Å²) in [6, 6.07) is -0.441. The van der Waals surface area contributed by atoms with Crippen LogP contribution in [0.1, 0.15) is 25.7 Å². The minimum absolute atomic E-state index is 0.0321. The highest BCUT2D eigenvalue weighted by molar-refractivity contribution is 7.89. The maximum absolute atomic E-state index is 12.1. The van der Waals surface area contributed by atoms with Gasteiger partial charge in [0.1, 0.15) is 4.90 Å². The van der Waals surface area contributed by atoms with Gasteiger partial charge in [0.05, 0.1) is 6.10 Å². The molecule has 0 amide bonds. The first-order valence-electron chi connectivity index (χ1n) is 5.89. The Morgan fingerprint density at radius 1 is 1.50 bits per heavy atom. The van der Waals surface area contributed by atoms with E-state index in [9.17, 15) is 13.5 Å². The summed E-state index contributed by atoms with van der Waals surface area (Å²) in [5.41, 5.74) is 5.55. The number of aliphatic hydroxyl groups excluding tert-OH is 1. The molecular weight excluding hydrogens is 256 g/mol. The van der Waals surface area contributed by atoms with E-state index in [4.69, 9.17) is 5.73 Å². The molecule has 0 unspecified atom stereocenters. The standard InChI is InChI=1S/C10H18N4O3S/c1-14-6-9(10(11)12-14)18(16,17)13-7-4-2-3-5-8(7)15/h6-8,13,15H,2-5H2,1H3,(H2,11,12)/t7-,8-/m1/s1. The number of rotatable bonds is 3. The molecule has 1 fully saturated rings. The summed E-state index contributed by atoms with van der Waals surface area (Å²) in [6.45, 7) is 0. The van der Waals surface area contributed by atoms with Crippen LogP contribution >= 0.6 is 0 Å². The highest BCUT2D eigenvalue weighted by Gasteiger charge is 2.30. The quantitative estimate of drug-likeness (QED) is 0.693. The molecule has 2 rings (SSSR count). The van der Waals surface area contributed by atoms with Crippen LogP contribution in [0.4, 0.5) is 5.82 Å². The molecule has 4 N–H and O–H groups in total. The van der Waals surface area contributed by atoms with Crippen molar-refractivity contribution >= 4 is 15.8 Å². The van der Waals surface area contributed by atoms with Crippen molar-refractivity contribution in [1.29, 1.82) is 0 Å². The Bertz CT molecular complexity index is 525. The minimum atomic E-state index is -3.72. The van der Waals surface area contributed by atoms with Crippen LogP contribution in [-0.2, 0) is 17.1 Å². The van der Waals surface area contributed by atoms with Gasteiger partial charge in [-0.25, -0.2) is 13.1 Å². The van der Waals surface area contributed by atoms with Crippen molar-refractivity contribution in [1.82, 2.24) is 14.5 Å². The SMILES string of the molecule is Cn1cc(S(=O)(=O)N[C@@H]2CCCC[C@H]2O)c(N)n1. The molecule has 0 saturated heterocycles. The number of nitrogens with zero attached hydrogens (tertiary/aromatic N) is 2. The molecular formula is C10H18N4O3S. The number of sulfonamides is 1. The van der Waals surface area contributed by atoms with Gasteiger partial charge in [-0.15, -0.1) is 0 Å². The summed E-state index contributed by atoms with van der Waals surface area (Å²) in [5, 5.41) is 13.6. The van der Waals surface area contributed by atoms with Crippen molar-refractivity contribution in [3.63, 3.8) is 0 Å². The molecule has 1 saturated carbocycles. The number of aliphatic hydroxyl groups is 1. The van der Waals surface area contributed by atoms with Gasteiger partial charge in [0.15, 0.2) is 5.82 Å². The second-order valence-electron chi connectivity index (χ2n) is 4.63. The van der Waals surface area contributed by atoms with Crippen molar-refractivity contribution in [2.24, 2.45) is 7.05 Å². The lowest BCUT2D eigenvalue weighted by atomic mass is 9.93. The fraction of sp³-hybridized carbons (Fsp3) is 0.700. The Balaban J connectivity index is 2.19. The molecule has 0 aromatic carbocycles. The van der Waals surface area contributed by atoms with Gasteiger partial charge >= 0.3 is 0 Å². The van der Waals surface area contributed by atoms with Gasteiger partial charge in [0.25, 0.3) is 0 Å². The Labute approximate surface area is 106 Å². The summed E-state index contributed by atoms with van der Waals surface area (Å²) in [5.74, 6) is -0.0321. The second-order valence-corrected chi connectivity index (χ2v) is 6.31. The van der Waals surface area contributed by atoms with Gasteiger partial charge in [-0.05, 0) is 12.8 Å². The molecule has 1 heterocycles.